The summed E-state index contributed by atoms with van der Waals surface area (Å²) >= 11 is 0. The second-order valence-electron chi connectivity index (χ2n) is 5.95. The van der Waals surface area contributed by atoms with Gasteiger partial charge in [-0.05, 0) is 36.6 Å². The summed E-state index contributed by atoms with van der Waals surface area (Å²) in [6.45, 7) is 2.44. The monoisotopic (exact) mass is 341 g/mol. The van der Waals surface area contributed by atoms with Crippen molar-refractivity contribution in [2.45, 2.75) is 32.4 Å². The van der Waals surface area contributed by atoms with E-state index >= 15 is 0 Å². The summed E-state index contributed by atoms with van der Waals surface area (Å²) in [7, 11) is 0. The lowest BCUT2D eigenvalue weighted by molar-refractivity contribution is -0.119. The summed E-state index contributed by atoms with van der Waals surface area (Å²) in [5, 5.41) is 8.84. The molecule has 1 aliphatic heterocycles. The average molecular weight is 341 g/mol. The maximum Gasteiger partial charge on any atom is 0.274 e. The zero-order valence-electron chi connectivity index (χ0n) is 13.9. The fourth-order valence-corrected chi connectivity index (χ4v) is 2.98. The van der Waals surface area contributed by atoms with E-state index in [-0.39, 0.29) is 29.1 Å². The SMILES string of the molecule is CC(=O)NCc1cc(C2CCCN2C(=O)c2ccc(=O)[nH]n2)ccn1. The van der Waals surface area contributed by atoms with Crippen molar-refractivity contribution in [3.8, 4) is 0 Å². The molecule has 0 bridgehead atoms. The highest BCUT2D eigenvalue weighted by Crippen LogP contribution is 2.32. The normalized spacial score (nSPS) is 16.7. The Balaban J connectivity index is 1.80. The van der Waals surface area contributed by atoms with Gasteiger partial charge in [-0.1, -0.05) is 0 Å². The Kier molecular flexibility index (Phi) is 4.87. The van der Waals surface area contributed by atoms with E-state index in [1.54, 1.807) is 11.1 Å². The molecule has 25 heavy (non-hydrogen) atoms. The van der Waals surface area contributed by atoms with E-state index in [9.17, 15) is 14.4 Å². The Morgan fingerprint density at radius 3 is 2.92 bits per heavy atom. The molecule has 8 nitrogen and oxygen atoms in total. The molecule has 1 unspecified atom stereocenters. The number of amides is 2. The van der Waals surface area contributed by atoms with Crippen molar-refractivity contribution < 1.29 is 9.59 Å². The van der Waals surface area contributed by atoms with Crippen molar-refractivity contribution in [3.63, 3.8) is 0 Å². The Labute approximate surface area is 144 Å². The van der Waals surface area contributed by atoms with Gasteiger partial charge in [0.15, 0.2) is 0 Å². The van der Waals surface area contributed by atoms with Gasteiger partial charge in [-0.2, -0.15) is 5.10 Å². The summed E-state index contributed by atoms with van der Waals surface area (Å²) < 4.78 is 0. The molecular formula is C17H19N5O3. The number of aromatic nitrogens is 3. The smallest absolute Gasteiger partial charge is 0.274 e. The summed E-state index contributed by atoms with van der Waals surface area (Å²) in [4.78, 5) is 40.9. The quantitative estimate of drug-likeness (QED) is 0.854. The lowest BCUT2D eigenvalue weighted by Crippen LogP contribution is -2.32. The van der Waals surface area contributed by atoms with Crippen molar-refractivity contribution in [3.05, 3.63) is 57.8 Å². The molecule has 2 aromatic rings. The van der Waals surface area contributed by atoms with Crippen LogP contribution in [0.4, 0.5) is 0 Å². The standard InChI is InChI=1S/C17H19N5O3/c1-11(23)19-10-13-9-12(6-7-18-13)15-3-2-8-22(15)17(25)14-4-5-16(24)21-20-14/h4-7,9,15H,2-3,8,10H2,1H3,(H,19,23)(H,21,24). The van der Waals surface area contributed by atoms with Crippen molar-refractivity contribution in [1.82, 2.24) is 25.4 Å². The van der Waals surface area contributed by atoms with Crippen molar-refractivity contribution in [2.75, 3.05) is 6.54 Å². The van der Waals surface area contributed by atoms with E-state index in [2.05, 4.69) is 20.5 Å². The number of likely N-dealkylation sites (tertiary alicyclic amines) is 1. The van der Waals surface area contributed by atoms with Gasteiger partial charge in [0, 0.05) is 25.7 Å². The van der Waals surface area contributed by atoms with Gasteiger partial charge in [0.05, 0.1) is 18.3 Å². The number of aromatic amines is 1. The van der Waals surface area contributed by atoms with Gasteiger partial charge in [-0.3, -0.25) is 19.4 Å². The third kappa shape index (κ3) is 3.90. The molecule has 3 heterocycles. The molecule has 1 saturated heterocycles. The zero-order valence-corrected chi connectivity index (χ0v) is 13.9. The predicted octanol–water partition coefficient (Wildman–Crippen LogP) is 0.778. The van der Waals surface area contributed by atoms with E-state index in [1.165, 1.54) is 19.1 Å². The first-order chi connectivity index (χ1) is 12.0. The van der Waals surface area contributed by atoms with E-state index in [0.717, 1.165) is 24.1 Å². The Bertz CT molecular complexity index is 828. The van der Waals surface area contributed by atoms with Crippen molar-refractivity contribution in [2.24, 2.45) is 0 Å². The molecule has 8 heteroatoms. The number of rotatable bonds is 4. The first-order valence-corrected chi connectivity index (χ1v) is 8.10. The van der Waals surface area contributed by atoms with Crippen LogP contribution >= 0.6 is 0 Å². The van der Waals surface area contributed by atoms with E-state index in [1.807, 2.05) is 12.1 Å². The van der Waals surface area contributed by atoms with Crippen LogP contribution in [0.15, 0.2) is 35.3 Å². The summed E-state index contributed by atoms with van der Waals surface area (Å²) in [6, 6.07) is 6.45. The van der Waals surface area contributed by atoms with Crippen molar-refractivity contribution >= 4 is 11.8 Å². The lowest BCUT2D eigenvalue weighted by Gasteiger charge is -2.25. The number of nitrogens with zero attached hydrogens (tertiary/aromatic N) is 3. The van der Waals surface area contributed by atoms with E-state index < -0.39 is 0 Å². The molecular weight excluding hydrogens is 322 g/mol. The fraction of sp³-hybridized carbons (Fsp3) is 0.353. The Morgan fingerprint density at radius 1 is 1.36 bits per heavy atom. The van der Waals surface area contributed by atoms with Crippen LogP contribution in [-0.2, 0) is 11.3 Å². The molecule has 2 aromatic heterocycles. The van der Waals surface area contributed by atoms with Crippen LogP contribution in [0.5, 0.6) is 0 Å². The molecule has 2 N–H and O–H groups in total. The highest BCUT2D eigenvalue weighted by atomic mass is 16.2. The van der Waals surface area contributed by atoms with Crippen LogP contribution in [0.25, 0.3) is 0 Å². The first-order valence-electron chi connectivity index (χ1n) is 8.10. The Hall–Kier alpha value is -3.03. The molecule has 130 valence electrons. The second kappa shape index (κ2) is 7.25. The molecule has 0 radical (unpaired) electrons. The Morgan fingerprint density at radius 2 is 2.20 bits per heavy atom. The topological polar surface area (TPSA) is 108 Å². The van der Waals surface area contributed by atoms with E-state index in [4.69, 9.17) is 0 Å². The first kappa shape index (κ1) is 16.8. The number of nitrogens with one attached hydrogen (secondary N) is 2. The molecule has 0 spiro atoms. The molecule has 0 aliphatic carbocycles. The number of H-pyrrole nitrogens is 1. The van der Waals surface area contributed by atoms with Gasteiger partial charge in [0.1, 0.15) is 5.69 Å². The maximum absolute atomic E-state index is 12.7. The molecule has 1 atom stereocenters. The lowest BCUT2D eigenvalue weighted by atomic mass is 10.0. The molecule has 3 rings (SSSR count). The molecule has 1 fully saturated rings. The summed E-state index contributed by atoms with van der Waals surface area (Å²) in [5.41, 5.74) is 1.60. The molecule has 1 aliphatic rings. The van der Waals surface area contributed by atoms with Crippen LogP contribution in [-0.4, -0.2) is 38.4 Å². The number of hydrogen-bond acceptors (Lipinski definition) is 5. The van der Waals surface area contributed by atoms with Gasteiger partial charge >= 0.3 is 0 Å². The minimum absolute atomic E-state index is 0.0692. The molecule has 0 aromatic carbocycles. The molecule has 0 saturated carbocycles. The van der Waals surface area contributed by atoms with E-state index in [0.29, 0.717) is 13.1 Å². The van der Waals surface area contributed by atoms with Crippen LogP contribution < -0.4 is 10.9 Å². The highest BCUT2D eigenvalue weighted by molar-refractivity contribution is 5.92. The zero-order chi connectivity index (χ0) is 17.8. The summed E-state index contributed by atoms with van der Waals surface area (Å²) in [6.07, 6.45) is 3.42. The van der Waals surface area contributed by atoms with Gasteiger partial charge in [0.25, 0.3) is 11.5 Å². The maximum atomic E-state index is 12.7. The molecule has 2 amide bonds. The minimum Gasteiger partial charge on any atom is -0.351 e. The highest BCUT2D eigenvalue weighted by Gasteiger charge is 2.31. The van der Waals surface area contributed by atoms with Crippen LogP contribution in [0.2, 0.25) is 0 Å². The number of hydrogen-bond donors (Lipinski definition) is 2. The third-order valence-electron chi connectivity index (χ3n) is 4.16. The van der Waals surface area contributed by atoms with Crippen LogP contribution in [0.3, 0.4) is 0 Å². The van der Waals surface area contributed by atoms with Crippen molar-refractivity contribution in [1.29, 1.82) is 0 Å². The number of pyridine rings is 1. The average Bonchev–Trinajstić information content (AvgIpc) is 3.10. The van der Waals surface area contributed by atoms with Crippen LogP contribution in [0, 0.1) is 0 Å². The third-order valence-corrected chi connectivity index (χ3v) is 4.16. The number of carbonyl (C=O) groups excluding carboxylic acids is 2. The largest absolute Gasteiger partial charge is 0.351 e. The van der Waals surface area contributed by atoms with Gasteiger partial charge in [-0.25, -0.2) is 5.10 Å². The van der Waals surface area contributed by atoms with Gasteiger partial charge in [0.2, 0.25) is 5.91 Å². The number of carbonyl (C=O) groups is 2. The second-order valence-corrected chi connectivity index (χ2v) is 5.95. The summed E-state index contributed by atoms with van der Waals surface area (Å²) in [5.74, 6) is -0.326. The van der Waals surface area contributed by atoms with Gasteiger partial charge in [-0.15, -0.1) is 0 Å². The predicted molar refractivity (Wildman–Crippen MR) is 89.6 cm³/mol. The van der Waals surface area contributed by atoms with Crippen LogP contribution in [0.1, 0.15) is 47.6 Å². The fourth-order valence-electron chi connectivity index (χ4n) is 2.98. The van der Waals surface area contributed by atoms with Gasteiger partial charge < -0.3 is 10.2 Å². The minimum atomic E-state index is -0.341.